The van der Waals surface area contributed by atoms with Gasteiger partial charge in [-0.1, -0.05) is 12.1 Å². The molecule has 172 valence electrons. The standard InChI is InChI=1S/C12H20O7.C8H6O4/c1-4-17-9(13)7-12(16,11(15)19-6-3)8-10(14)18-5-2;9-7(10)5-3-1-2-4-6(5)8(11)12/h16H,4-8H2,1-3H3;1-4H,(H,9,10)(H,11,12). The van der Waals surface area contributed by atoms with E-state index in [0.717, 1.165) is 0 Å². The van der Waals surface area contributed by atoms with Gasteiger partial charge in [0, 0.05) is 0 Å². The Morgan fingerprint density at radius 2 is 1.10 bits per heavy atom. The average molecular weight is 442 g/mol. The van der Waals surface area contributed by atoms with E-state index in [2.05, 4.69) is 14.2 Å². The molecular formula is C20H26O11. The van der Waals surface area contributed by atoms with E-state index in [-0.39, 0.29) is 30.9 Å². The van der Waals surface area contributed by atoms with E-state index in [1.54, 1.807) is 20.8 Å². The summed E-state index contributed by atoms with van der Waals surface area (Å²) in [5.74, 6) is -5.08. The lowest BCUT2D eigenvalue weighted by Gasteiger charge is -2.23. The molecule has 0 spiro atoms. The zero-order valence-corrected chi connectivity index (χ0v) is 17.5. The van der Waals surface area contributed by atoms with Crippen LogP contribution in [-0.2, 0) is 28.6 Å². The summed E-state index contributed by atoms with van der Waals surface area (Å²) in [6.45, 7) is 4.97. The highest BCUT2D eigenvalue weighted by Gasteiger charge is 2.43. The molecule has 0 bridgehead atoms. The highest BCUT2D eigenvalue weighted by molar-refractivity contribution is 6.01. The minimum Gasteiger partial charge on any atom is -0.478 e. The maximum absolute atomic E-state index is 11.7. The fourth-order valence-corrected chi connectivity index (χ4v) is 2.23. The smallest absolute Gasteiger partial charge is 0.339 e. The lowest BCUT2D eigenvalue weighted by molar-refractivity contribution is -0.177. The van der Waals surface area contributed by atoms with Gasteiger partial charge in [-0.3, -0.25) is 9.59 Å². The molecule has 11 nitrogen and oxygen atoms in total. The van der Waals surface area contributed by atoms with Gasteiger partial charge in [-0.05, 0) is 32.9 Å². The molecule has 0 aliphatic carbocycles. The molecule has 1 rings (SSSR count). The highest BCUT2D eigenvalue weighted by atomic mass is 16.6. The van der Waals surface area contributed by atoms with Crippen molar-refractivity contribution in [2.45, 2.75) is 39.2 Å². The SMILES string of the molecule is CCOC(=O)CC(O)(CC(=O)OCC)C(=O)OCC.O=C(O)c1ccccc1C(=O)O. The Bertz CT molecular complexity index is 732. The van der Waals surface area contributed by atoms with Crippen molar-refractivity contribution >= 4 is 29.8 Å². The third-order valence-electron chi connectivity index (χ3n) is 3.53. The summed E-state index contributed by atoms with van der Waals surface area (Å²) < 4.78 is 14.0. The van der Waals surface area contributed by atoms with Crippen LogP contribution in [0, 0.1) is 0 Å². The van der Waals surface area contributed by atoms with Crippen molar-refractivity contribution < 1.29 is 53.5 Å². The molecule has 0 radical (unpaired) electrons. The summed E-state index contributed by atoms with van der Waals surface area (Å²) in [6, 6.07) is 5.48. The fourth-order valence-electron chi connectivity index (χ4n) is 2.23. The van der Waals surface area contributed by atoms with Gasteiger partial charge in [0.1, 0.15) is 0 Å². The minimum absolute atomic E-state index is 0.0206. The van der Waals surface area contributed by atoms with Crippen molar-refractivity contribution in [3.63, 3.8) is 0 Å². The first kappa shape index (κ1) is 27.5. The topological polar surface area (TPSA) is 174 Å². The van der Waals surface area contributed by atoms with Gasteiger partial charge in [0.05, 0.1) is 43.8 Å². The van der Waals surface area contributed by atoms with Gasteiger partial charge in [0.2, 0.25) is 0 Å². The van der Waals surface area contributed by atoms with Crippen molar-refractivity contribution in [3.8, 4) is 0 Å². The van der Waals surface area contributed by atoms with E-state index in [1.165, 1.54) is 24.3 Å². The molecule has 1 aromatic rings. The van der Waals surface area contributed by atoms with Gasteiger partial charge < -0.3 is 29.5 Å². The number of ether oxygens (including phenoxy) is 3. The number of aliphatic hydroxyl groups is 1. The molecule has 3 N–H and O–H groups in total. The van der Waals surface area contributed by atoms with Crippen molar-refractivity contribution in [2.75, 3.05) is 19.8 Å². The van der Waals surface area contributed by atoms with Gasteiger partial charge in [-0.15, -0.1) is 0 Å². The van der Waals surface area contributed by atoms with Crippen LogP contribution < -0.4 is 0 Å². The zero-order valence-electron chi connectivity index (χ0n) is 17.5. The lowest BCUT2D eigenvalue weighted by Crippen LogP contribution is -2.44. The number of carboxylic acids is 2. The molecular weight excluding hydrogens is 416 g/mol. The number of hydrogen-bond acceptors (Lipinski definition) is 9. The van der Waals surface area contributed by atoms with Crippen LogP contribution in [0.5, 0.6) is 0 Å². The Hall–Kier alpha value is -3.47. The van der Waals surface area contributed by atoms with Crippen LogP contribution in [0.2, 0.25) is 0 Å². The Balaban J connectivity index is 0.000000639. The number of esters is 3. The van der Waals surface area contributed by atoms with Crippen LogP contribution in [0.1, 0.15) is 54.3 Å². The van der Waals surface area contributed by atoms with Crippen molar-refractivity contribution in [1.82, 2.24) is 0 Å². The first-order valence-electron chi connectivity index (χ1n) is 9.28. The zero-order chi connectivity index (χ0) is 24.0. The molecule has 0 atom stereocenters. The normalized spacial score (nSPS) is 10.2. The number of hydrogen-bond donors (Lipinski definition) is 3. The minimum atomic E-state index is -2.26. The van der Waals surface area contributed by atoms with E-state index in [4.69, 9.17) is 10.2 Å². The summed E-state index contributed by atoms with van der Waals surface area (Å²) in [7, 11) is 0. The maximum atomic E-state index is 11.7. The summed E-state index contributed by atoms with van der Waals surface area (Å²) in [4.78, 5) is 55.3. The van der Waals surface area contributed by atoms with Gasteiger partial charge in [0.15, 0.2) is 5.60 Å². The molecule has 0 heterocycles. The Kier molecular flexibility index (Phi) is 12.2. The third-order valence-corrected chi connectivity index (χ3v) is 3.53. The molecule has 0 aliphatic heterocycles. The number of aromatic carboxylic acids is 2. The van der Waals surface area contributed by atoms with Crippen LogP contribution in [-0.4, -0.2) is 70.6 Å². The molecule has 0 fully saturated rings. The highest BCUT2D eigenvalue weighted by Crippen LogP contribution is 2.19. The quantitative estimate of drug-likeness (QED) is 0.351. The van der Waals surface area contributed by atoms with E-state index < -0.39 is 48.3 Å². The molecule has 0 aromatic heterocycles. The van der Waals surface area contributed by atoms with Gasteiger partial charge in [0.25, 0.3) is 0 Å². The first-order valence-corrected chi connectivity index (χ1v) is 9.28. The molecule has 1 aromatic carbocycles. The molecule has 31 heavy (non-hydrogen) atoms. The van der Waals surface area contributed by atoms with E-state index in [1.807, 2.05) is 0 Å². The average Bonchev–Trinajstić information content (AvgIpc) is 2.68. The number of rotatable bonds is 10. The molecule has 0 aliphatic rings. The van der Waals surface area contributed by atoms with Crippen LogP contribution in [0.15, 0.2) is 24.3 Å². The summed E-state index contributed by atoms with van der Waals surface area (Å²) in [5, 5.41) is 27.2. The van der Waals surface area contributed by atoms with Crippen LogP contribution >= 0.6 is 0 Å². The van der Waals surface area contributed by atoms with Crippen LogP contribution in [0.25, 0.3) is 0 Å². The summed E-state index contributed by atoms with van der Waals surface area (Å²) in [6.07, 6.45) is -1.31. The van der Waals surface area contributed by atoms with Gasteiger partial charge in [-0.2, -0.15) is 0 Å². The fraction of sp³-hybridized carbons (Fsp3) is 0.450. The first-order chi connectivity index (χ1) is 14.5. The Labute approximate surface area is 178 Å². The number of carboxylic acid groups (broad SMARTS) is 2. The van der Waals surface area contributed by atoms with E-state index >= 15 is 0 Å². The third kappa shape index (κ3) is 9.72. The number of carbonyl (C=O) groups is 5. The van der Waals surface area contributed by atoms with Crippen LogP contribution in [0.3, 0.4) is 0 Å². The van der Waals surface area contributed by atoms with E-state index in [0.29, 0.717) is 0 Å². The summed E-state index contributed by atoms with van der Waals surface area (Å²) >= 11 is 0. The molecule has 11 heteroatoms. The predicted octanol–water partition coefficient (Wildman–Crippen LogP) is 1.27. The van der Waals surface area contributed by atoms with Crippen molar-refractivity contribution in [1.29, 1.82) is 0 Å². The molecule has 0 saturated carbocycles. The van der Waals surface area contributed by atoms with Gasteiger partial charge in [-0.25, -0.2) is 14.4 Å². The summed E-state index contributed by atoms with van der Waals surface area (Å²) in [5.41, 5.74) is -2.64. The molecule has 0 saturated heterocycles. The Morgan fingerprint density at radius 1 is 0.742 bits per heavy atom. The largest absolute Gasteiger partial charge is 0.478 e. The van der Waals surface area contributed by atoms with Crippen LogP contribution in [0.4, 0.5) is 0 Å². The number of carbonyl (C=O) groups excluding carboxylic acids is 3. The second kappa shape index (κ2) is 13.7. The second-order valence-corrected chi connectivity index (χ2v) is 5.87. The maximum Gasteiger partial charge on any atom is 0.339 e. The van der Waals surface area contributed by atoms with Crippen molar-refractivity contribution in [3.05, 3.63) is 35.4 Å². The van der Waals surface area contributed by atoms with Gasteiger partial charge >= 0.3 is 29.8 Å². The number of benzene rings is 1. The van der Waals surface area contributed by atoms with E-state index in [9.17, 15) is 29.1 Å². The second-order valence-electron chi connectivity index (χ2n) is 5.87. The Morgan fingerprint density at radius 3 is 1.39 bits per heavy atom. The monoisotopic (exact) mass is 442 g/mol. The lowest BCUT2D eigenvalue weighted by atomic mass is 9.95. The predicted molar refractivity (Wildman–Crippen MR) is 104 cm³/mol. The molecule has 0 unspecified atom stereocenters. The van der Waals surface area contributed by atoms with Crippen molar-refractivity contribution in [2.24, 2.45) is 0 Å². The molecule has 0 amide bonds.